The van der Waals surface area contributed by atoms with Crippen molar-refractivity contribution >= 4 is 69.1 Å². The van der Waals surface area contributed by atoms with Crippen LogP contribution in [-0.4, -0.2) is 134 Å². The molecular weight excluding hydrogens is 859 g/mol. The normalized spacial score (nSPS) is 22.5. The van der Waals surface area contributed by atoms with Gasteiger partial charge in [-0.05, 0) is 13.3 Å². The molecule has 0 bridgehead atoms. The van der Waals surface area contributed by atoms with Crippen LogP contribution in [-0.2, 0) is 50.7 Å². The smallest absolute Gasteiger partial charge is 0.393 e. The summed E-state index contributed by atoms with van der Waals surface area (Å²) in [4.78, 5) is 88.2. The van der Waals surface area contributed by atoms with Gasteiger partial charge in [-0.2, -0.15) is 4.31 Å². The molecule has 9 atom stereocenters. The average molecular weight is 910 g/mol. The zero-order valence-corrected chi connectivity index (χ0v) is 35.3. The van der Waals surface area contributed by atoms with Crippen molar-refractivity contribution in [1.29, 1.82) is 0 Å². The number of carbonyl (C=O) groups is 3. The van der Waals surface area contributed by atoms with Crippen LogP contribution in [0.25, 0.3) is 11.2 Å². The first kappa shape index (κ1) is 49.9. The molecule has 0 saturated carbocycles. The molecule has 3 rings (SSSR count). The number of nitrogens with zero attached hydrogens (tertiary/aromatic N) is 4. The summed E-state index contributed by atoms with van der Waals surface area (Å²) in [5.74, 6) is -1.74. The molecule has 0 aromatic carbocycles. The summed E-state index contributed by atoms with van der Waals surface area (Å²) in [5.41, 5.74) is 4.24. The van der Waals surface area contributed by atoms with Gasteiger partial charge in [0, 0.05) is 30.7 Å². The molecule has 1 fully saturated rings. The highest BCUT2D eigenvalue weighted by Crippen LogP contribution is 2.61. The summed E-state index contributed by atoms with van der Waals surface area (Å²) in [6.45, 7) is 3.91. The third-order valence-corrected chi connectivity index (χ3v) is 12.6. The van der Waals surface area contributed by atoms with Crippen molar-refractivity contribution in [1.82, 2.24) is 30.2 Å². The number of imidazole rings is 1. The molecule has 1 aliphatic rings. The van der Waals surface area contributed by atoms with Gasteiger partial charge >= 0.3 is 23.5 Å². The van der Waals surface area contributed by atoms with Gasteiger partial charge in [-0.3, -0.25) is 32.5 Å². The van der Waals surface area contributed by atoms with E-state index in [0.29, 0.717) is 6.42 Å². The Morgan fingerprint density at radius 1 is 1.05 bits per heavy atom. The Balaban J connectivity index is 1.47. The molecule has 3 heterocycles. The second-order valence-electron chi connectivity index (χ2n) is 13.7. The van der Waals surface area contributed by atoms with Gasteiger partial charge in [0.2, 0.25) is 11.8 Å². The molecule has 4 unspecified atom stereocenters. The van der Waals surface area contributed by atoms with Crippen LogP contribution in [0.5, 0.6) is 0 Å². The molecule has 2 aromatic heterocycles. The van der Waals surface area contributed by atoms with Crippen LogP contribution in [0.4, 0.5) is 5.82 Å². The number of rotatable bonds is 24. The van der Waals surface area contributed by atoms with E-state index in [4.69, 9.17) is 19.5 Å². The lowest BCUT2D eigenvalue weighted by atomic mass is 9.87. The number of nitrogens with two attached hydrogens (primary N) is 1. The van der Waals surface area contributed by atoms with E-state index >= 15 is 0 Å². The number of unbranched alkanes of at least 4 members (excludes halogenated alkanes) is 1. The predicted octanol–water partition coefficient (Wildman–Crippen LogP) is -0.148. The Kier molecular flexibility index (Phi) is 18.4. The minimum Gasteiger partial charge on any atom is -0.393 e. The van der Waals surface area contributed by atoms with Crippen molar-refractivity contribution in [2.24, 2.45) is 11.3 Å². The maximum atomic E-state index is 12.7. The van der Waals surface area contributed by atoms with E-state index in [2.05, 4.69) is 34.4 Å². The number of aromatic nitrogens is 4. The van der Waals surface area contributed by atoms with E-state index < -0.39 is 96.6 Å². The molecule has 330 valence electrons. The molecule has 29 heteroatoms. The van der Waals surface area contributed by atoms with Gasteiger partial charge < -0.3 is 56.0 Å². The Labute approximate surface area is 336 Å². The molecule has 11 N–H and O–H groups in total. The van der Waals surface area contributed by atoms with Crippen LogP contribution in [0.1, 0.15) is 59.6 Å². The quantitative estimate of drug-likeness (QED) is 0.0483. The van der Waals surface area contributed by atoms with Gasteiger partial charge in [0.1, 0.15) is 36.3 Å². The summed E-state index contributed by atoms with van der Waals surface area (Å²) in [6, 6.07) is 0. The lowest BCUT2D eigenvalue weighted by Crippen LogP contribution is -2.46. The van der Waals surface area contributed by atoms with E-state index in [0.717, 1.165) is 41.8 Å². The van der Waals surface area contributed by atoms with Gasteiger partial charge in [-0.25, -0.2) is 28.6 Å². The fourth-order valence-electron chi connectivity index (χ4n) is 5.37. The van der Waals surface area contributed by atoms with Crippen LogP contribution >= 0.6 is 35.2 Å². The highest BCUT2D eigenvalue weighted by Gasteiger charge is 2.50. The first-order valence-corrected chi connectivity index (χ1v) is 23.1. The monoisotopic (exact) mass is 909 g/mol. The number of amides is 2. The Bertz CT molecular complexity index is 1870. The number of nitrogen functional groups attached to an aromatic ring is 1. The van der Waals surface area contributed by atoms with Crippen LogP contribution < -0.4 is 16.4 Å². The van der Waals surface area contributed by atoms with E-state index in [1.54, 1.807) is 6.92 Å². The topological polar surface area (TPSA) is 384 Å². The standard InChI is InChI=1S/C29H50N7O18P3S/c1-5-6-7-17(16(2)37)28(42)58-11-10-31-19(38)8-9-32-26(41)23(40)29(3,4)13-51-57(48,49)54-56(46,47)50-12-18-22(53-55(43,44)45)21(39)27(52-18)36-15-35-20-24(30)33-14-34-25(20)36/h14-18,21-23,27,37,39-40H,5-13H2,1-4H3,(H,31,38)(H,32,41)(H,46,47)(H,48,49)(H2,30,33,34)(H2,43,44,45)/t16?,17?,18-,21-,22-,23+,27-/m1/s1. The summed E-state index contributed by atoms with van der Waals surface area (Å²) >= 11 is 0.997. The second-order valence-corrected chi connectivity index (χ2v) is 19.1. The largest absolute Gasteiger partial charge is 0.481 e. The van der Waals surface area contributed by atoms with Crippen LogP contribution in [0.3, 0.4) is 0 Å². The van der Waals surface area contributed by atoms with E-state index in [-0.39, 0.29) is 47.4 Å². The average Bonchev–Trinajstić information content (AvgIpc) is 3.68. The highest BCUT2D eigenvalue weighted by molar-refractivity contribution is 8.13. The summed E-state index contributed by atoms with van der Waals surface area (Å²) < 4.78 is 62.1. The molecule has 1 aliphatic heterocycles. The number of phosphoric ester groups is 3. The molecule has 58 heavy (non-hydrogen) atoms. The molecule has 0 radical (unpaired) electrons. The number of hydrogen-bond acceptors (Lipinski definition) is 19. The number of hydrogen-bond donors (Lipinski definition) is 10. The van der Waals surface area contributed by atoms with Crippen molar-refractivity contribution in [2.75, 3.05) is 37.8 Å². The fraction of sp³-hybridized carbons (Fsp3) is 0.724. The number of phosphoric acid groups is 3. The van der Waals surface area contributed by atoms with Crippen molar-refractivity contribution < 1.29 is 85.6 Å². The molecule has 0 spiro atoms. The third kappa shape index (κ3) is 14.9. The molecule has 25 nitrogen and oxygen atoms in total. The van der Waals surface area contributed by atoms with Crippen molar-refractivity contribution in [2.45, 2.75) is 90.1 Å². The Morgan fingerprint density at radius 2 is 1.72 bits per heavy atom. The lowest BCUT2D eigenvalue weighted by Gasteiger charge is -2.30. The second kappa shape index (κ2) is 21.4. The zero-order valence-electron chi connectivity index (χ0n) is 31.8. The first-order valence-electron chi connectivity index (χ1n) is 17.6. The minimum absolute atomic E-state index is 0.0264. The number of anilines is 1. The lowest BCUT2D eigenvalue weighted by molar-refractivity contribution is -0.137. The third-order valence-electron chi connectivity index (χ3n) is 8.50. The summed E-state index contributed by atoms with van der Waals surface area (Å²) in [7, 11) is -16.4. The van der Waals surface area contributed by atoms with Gasteiger partial charge in [-0.15, -0.1) is 0 Å². The van der Waals surface area contributed by atoms with Gasteiger partial charge in [0.05, 0.1) is 31.6 Å². The zero-order chi connectivity index (χ0) is 43.6. The first-order chi connectivity index (χ1) is 26.9. The molecular formula is C29H50N7O18P3S. The number of aliphatic hydroxyl groups is 3. The van der Waals surface area contributed by atoms with Crippen molar-refractivity contribution in [3.8, 4) is 0 Å². The molecule has 2 amide bonds. The van der Waals surface area contributed by atoms with Gasteiger partial charge in [0.25, 0.3) is 0 Å². The number of ether oxygens (including phenoxy) is 1. The van der Waals surface area contributed by atoms with Crippen LogP contribution in [0, 0.1) is 11.3 Å². The number of carbonyl (C=O) groups excluding carboxylic acids is 3. The van der Waals surface area contributed by atoms with Gasteiger partial charge in [-0.1, -0.05) is 45.4 Å². The Morgan fingerprint density at radius 3 is 2.36 bits per heavy atom. The maximum Gasteiger partial charge on any atom is 0.481 e. The predicted molar refractivity (Wildman–Crippen MR) is 202 cm³/mol. The number of nitrogens with one attached hydrogen (secondary N) is 2. The number of thioether (sulfide) groups is 1. The van der Waals surface area contributed by atoms with E-state index in [1.165, 1.54) is 13.8 Å². The van der Waals surface area contributed by atoms with E-state index in [9.17, 15) is 63.0 Å². The SMILES string of the molecule is CCCCC(C(=O)SCCNC(=O)CCNC(=O)[C@H](O)C(C)(C)COP(=O)(O)OP(=O)(O)OC[C@H]1O[C@@H](n2cnc3c(N)ncnc32)[C@H](O)[C@@H]1OP(=O)(O)O)C(C)O. The van der Waals surface area contributed by atoms with Gasteiger partial charge in [0.15, 0.2) is 22.8 Å². The number of aliphatic hydroxyl groups excluding tert-OH is 3. The van der Waals surface area contributed by atoms with Crippen LogP contribution in [0.2, 0.25) is 0 Å². The molecule has 1 saturated heterocycles. The summed E-state index contributed by atoms with van der Waals surface area (Å²) in [6.07, 6.45) is -5.55. The molecule has 2 aromatic rings. The van der Waals surface area contributed by atoms with Crippen molar-refractivity contribution in [3.05, 3.63) is 12.7 Å². The molecule has 0 aliphatic carbocycles. The van der Waals surface area contributed by atoms with E-state index in [1.807, 2.05) is 6.92 Å². The van der Waals surface area contributed by atoms with Crippen LogP contribution in [0.15, 0.2) is 12.7 Å². The summed E-state index contributed by atoms with van der Waals surface area (Å²) in [5, 5.41) is 36.1. The maximum absolute atomic E-state index is 12.7. The highest BCUT2D eigenvalue weighted by atomic mass is 32.2. The fourth-order valence-corrected chi connectivity index (χ4v) is 9.13. The van der Waals surface area contributed by atoms with Crippen molar-refractivity contribution in [3.63, 3.8) is 0 Å². The minimum atomic E-state index is -5.58. The number of fused-ring (bicyclic) bond motifs is 1. The Hall–Kier alpha value is -2.48.